The molecule has 0 aliphatic rings. The van der Waals surface area contributed by atoms with Gasteiger partial charge >= 0.3 is 0 Å². The molecular weight excluding hydrogens is 214 g/mol. The normalized spacial score (nSPS) is 11.5. The Hall–Kier alpha value is -1.29. The molecule has 0 saturated carbocycles. The zero-order valence-corrected chi connectivity index (χ0v) is 11.2. The lowest BCUT2D eigenvalue weighted by molar-refractivity contribution is 0.157. The number of hydrogen-bond donors (Lipinski definition) is 2. The monoisotopic (exact) mass is 237 g/mol. The summed E-state index contributed by atoms with van der Waals surface area (Å²) in [5.74, 6) is 0.907. The molecule has 1 heterocycles. The van der Waals surface area contributed by atoms with Crippen LogP contribution in [0.1, 0.15) is 25.8 Å². The minimum atomic E-state index is 0.186. The van der Waals surface area contributed by atoms with Gasteiger partial charge in [0, 0.05) is 20.3 Å². The summed E-state index contributed by atoms with van der Waals surface area (Å²) in [4.78, 5) is 4.29. The van der Waals surface area contributed by atoms with Gasteiger partial charge in [0.15, 0.2) is 0 Å². The second-order valence-electron chi connectivity index (χ2n) is 5.19. The third-order valence-corrected chi connectivity index (χ3v) is 2.82. The molecule has 17 heavy (non-hydrogen) atoms. The highest BCUT2D eigenvalue weighted by Crippen LogP contribution is 2.22. The molecule has 0 unspecified atom stereocenters. The van der Waals surface area contributed by atoms with Crippen LogP contribution in [0.15, 0.2) is 12.3 Å². The molecular formula is C13H23N3O. The van der Waals surface area contributed by atoms with E-state index in [-0.39, 0.29) is 5.41 Å². The van der Waals surface area contributed by atoms with Crippen molar-refractivity contribution in [2.45, 2.75) is 27.2 Å². The maximum absolute atomic E-state index is 5.67. The molecule has 0 amide bonds. The number of nitrogen functional groups attached to an aromatic ring is 1. The van der Waals surface area contributed by atoms with E-state index in [1.54, 1.807) is 13.3 Å². The number of pyridine rings is 1. The molecule has 0 spiro atoms. The smallest absolute Gasteiger partial charge is 0.129 e. The third-order valence-electron chi connectivity index (χ3n) is 2.82. The van der Waals surface area contributed by atoms with Gasteiger partial charge in [-0.1, -0.05) is 13.8 Å². The number of rotatable bonds is 6. The maximum atomic E-state index is 5.67. The van der Waals surface area contributed by atoms with E-state index in [4.69, 9.17) is 10.5 Å². The Labute approximate surface area is 104 Å². The summed E-state index contributed by atoms with van der Waals surface area (Å²) in [6.45, 7) is 8.09. The summed E-state index contributed by atoms with van der Waals surface area (Å²) in [7, 11) is 1.73. The Kier molecular flexibility index (Phi) is 4.75. The van der Waals surface area contributed by atoms with Crippen LogP contribution in [0.4, 0.5) is 11.5 Å². The first-order valence-corrected chi connectivity index (χ1v) is 5.89. The van der Waals surface area contributed by atoms with E-state index in [1.807, 2.05) is 13.0 Å². The zero-order valence-electron chi connectivity index (χ0n) is 11.2. The average molecular weight is 237 g/mol. The average Bonchev–Trinajstić information content (AvgIpc) is 2.25. The number of nitrogens with one attached hydrogen (secondary N) is 1. The van der Waals surface area contributed by atoms with E-state index in [9.17, 15) is 0 Å². The van der Waals surface area contributed by atoms with Crippen LogP contribution in [0.3, 0.4) is 0 Å². The molecule has 0 atom stereocenters. The minimum Gasteiger partial charge on any atom is -0.397 e. The Bertz CT molecular complexity index is 364. The zero-order chi connectivity index (χ0) is 12.9. The summed E-state index contributed by atoms with van der Waals surface area (Å²) < 4.78 is 5.11. The van der Waals surface area contributed by atoms with Gasteiger partial charge in [-0.25, -0.2) is 4.98 Å². The topological polar surface area (TPSA) is 60.2 Å². The van der Waals surface area contributed by atoms with Crippen molar-refractivity contribution in [3.8, 4) is 0 Å². The minimum absolute atomic E-state index is 0.186. The molecule has 0 aliphatic carbocycles. The summed E-state index contributed by atoms with van der Waals surface area (Å²) >= 11 is 0. The Morgan fingerprint density at radius 1 is 1.47 bits per heavy atom. The van der Waals surface area contributed by atoms with Gasteiger partial charge in [0.25, 0.3) is 0 Å². The Morgan fingerprint density at radius 2 is 2.18 bits per heavy atom. The third kappa shape index (κ3) is 4.61. The molecule has 0 fully saturated rings. The predicted octanol–water partition coefficient (Wildman–Crippen LogP) is 2.45. The largest absolute Gasteiger partial charge is 0.397 e. The van der Waals surface area contributed by atoms with E-state index >= 15 is 0 Å². The van der Waals surface area contributed by atoms with Crippen molar-refractivity contribution in [1.29, 1.82) is 0 Å². The second kappa shape index (κ2) is 5.87. The molecule has 1 rings (SSSR count). The summed E-state index contributed by atoms with van der Waals surface area (Å²) in [5.41, 5.74) is 7.63. The van der Waals surface area contributed by atoms with Crippen molar-refractivity contribution >= 4 is 11.5 Å². The summed E-state index contributed by atoms with van der Waals surface area (Å²) in [6.07, 6.45) is 2.70. The SMILES string of the molecule is COCCC(C)(C)CNc1ncc(N)cc1C. The first kappa shape index (κ1) is 13.8. The van der Waals surface area contributed by atoms with E-state index in [2.05, 4.69) is 24.1 Å². The van der Waals surface area contributed by atoms with Crippen molar-refractivity contribution in [2.75, 3.05) is 31.3 Å². The van der Waals surface area contributed by atoms with Crippen LogP contribution in [-0.4, -0.2) is 25.2 Å². The van der Waals surface area contributed by atoms with Gasteiger partial charge < -0.3 is 15.8 Å². The van der Waals surface area contributed by atoms with Crippen LogP contribution in [0, 0.1) is 12.3 Å². The molecule has 0 aliphatic heterocycles. The molecule has 96 valence electrons. The van der Waals surface area contributed by atoms with Crippen molar-refractivity contribution in [2.24, 2.45) is 5.41 Å². The number of ether oxygens (including phenoxy) is 1. The first-order valence-electron chi connectivity index (χ1n) is 5.89. The van der Waals surface area contributed by atoms with Gasteiger partial charge in [0.2, 0.25) is 0 Å². The summed E-state index contributed by atoms with van der Waals surface area (Å²) in [5, 5.41) is 3.37. The van der Waals surface area contributed by atoms with Crippen LogP contribution >= 0.6 is 0 Å². The van der Waals surface area contributed by atoms with Gasteiger partial charge in [-0.15, -0.1) is 0 Å². The lowest BCUT2D eigenvalue weighted by Gasteiger charge is -2.25. The highest BCUT2D eigenvalue weighted by molar-refractivity contribution is 5.50. The fourth-order valence-corrected chi connectivity index (χ4v) is 1.57. The Morgan fingerprint density at radius 3 is 2.76 bits per heavy atom. The number of aromatic nitrogens is 1. The molecule has 1 aromatic heterocycles. The van der Waals surface area contributed by atoms with Gasteiger partial charge in [0.1, 0.15) is 5.82 Å². The molecule has 0 aromatic carbocycles. The van der Waals surface area contributed by atoms with Crippen LogP contribution < -0.4 is 11.1 Å². The number of nitrogens with two attached hydrogens (primary N) is 1. The van der Waals surface area contributed by atoms with Gasteiger partial charge in [-0.3, -0.25) is 0 Å². The van der Waals surface area contributed by atoms with Crippen LogP contribution in [0.5, 0.6) is 0 Å². The van der Waals surface area contributed by atoms with Crippen LogP contribution in [0.25, 0.3) is 0 Å². The van der Waals surface area contributed by atoms with Crippen molar-refractivity contribution in [3.63, 3.8) is 0 Å². The first-order chi connectivity index (χ1) is 7.94. The van der Waals surface area contributed by atoms with Crippen LogP contribution in [-0.2, 0) is 4.74 Å². The summed E-state index contributed by atoms with van der Waals surface area (Å²) in [6, 6.07) is 1.93. The number of aryl methyl sites for hydroxylation is 1. The van der Waals surface area contributed by atoms with Crippen molar-refractivity contribution in [1.82, 2.24) is 4.98 Å². The number of nitrogens with zero attached hydrogens (tertiary/aromatic N) is 1. The molecule has 1 aromatic rings. The van der Waals surface area contributed by atoms with Crippen LogP contribution in [0.2, 0.25) is 0 Å². The van der Waals surface area contributed by atoms with Gasteiger partial charge in [0.05, 0.1) is 11.9 Å². The van der Waals surface area contributed by atoms with Gasteiger partial charge in [-0.05, 0) is 30.4 Å². The molecule has 4 nitrogen and oxygen atoms in total. The lowest BCUT2D eigenvalue weighted by Crippen LogP contribution is -2.25. The fourth-order valence-electron chi connectivity index (χ4n) is 1.57. The second-order valence-corrected chi connectivity index (χ2v) is 5.19. The number of hydrogen-bond acceptors (Lipinski definition) is 4. The molecule has 0 saturated heterocycles. The molecule has 4 heteroatoms. The highest BCUT2D eigenvalue weighted by Gasteiger charge is 2.17. The predicted molar refractivity (Wildman–Crippen MR) is 72.2 cm³/mol. The number of anilines is 2. The lowest BCUT2D eigenvalue weighted by atomic mass is 9.89. The van der Waals surface area contributed by atoms with Gasteiger partial charge in [-0.2, -0.15) is 0 Å². The number of methoxy groups -OCH3 is 1. The quantitative estimate of drug-likeness (QED) is 0.798. The highest BCUT2D eigenvalue weighted by atomic mass is 16.5. The standard InChI is InChI=1S/C13H23N3O/c1-10-7-11(14)8-15-12(10)16-9-13(2,3)5-6-17-4/h7-8H,5-6,9,14H2,1-4H3,(H,15,16). The van der Waals surface area contributed by atoms with E-state index < -0.39 is 0 Å². The molecule has 0 radical (unpaired) electrons. The molecule has 0 bridgehead atoms. The molecule has 3 N–H and O–H groups in total. The van der Waals surface area contributed by atoms with Crippen molar-refractivity contribution in [3.05, 3.63) is 17.8 Å². The van der Waals surface area contributed by atoms with E-state index in [0.717, 1.165) is 31.0 Å². The fraction of sp³-hybridized carbons (Fsp3) is 0.615. The maximum Gasteiger partial charge on any atom is 0.129 e. The van der Waals surface area contributed by atoms with Crippen molar-refractivity contribution < 1.29 is 4.74 Å². The Balaban J connectivity index is 2.54. The van der Waals surface area contributed by atoms with E-state index in [1.165, 1.54) is 0 Å². The van der Waals surface area contributed by atoms with E-state index in [0.29, 0.717) is 5.69 Å².